The van der Waals surface area contributed by atoms with E-state index in [0.29, 0.717) is 12.1 Å². The van der Waals surface area contributed by atoms with Gasteiger partial charge in [-0.2, -0.15) is 0 Å². The van der Waals surface area contributed by atoms with E-state index in [1.807, 2.05) is 7.11 Å². The van der Waals surface area contributed by atoms with Crippen molar-refractivity contribution in [3.8, 4) is 0 Å². The van der Waals surface area contributed by atoms with E-state index in [0.717, 1.165) is 6.54 Å². The summed E-state index contributed by atoms with van der Waals surface area (Å²) in [5, 5.41) is 3.59. The van der Waals surface area contributed by atoms with Crippen LogP contribution in [0.4, 0.5) is 0 Å². The lowest BCUT2D eigenvalue weighted by molar-refractivity contribution is 0.0847. The highest BCUT2D eigenvalue weighted by Crippen LogP contribution is 2.21. The number of ether oxygens (including phenoxy) is 1. The maximum atomic E-state index is 5.47. The highest BCUT2D eigenvalue weighted by atomic mass is 127. The van der Waals surface area contributed by atoms with Gasteiger partial charge in [-0.3, -0.25) is 0 Å². The zero-order chi connectivity index (χ0) is 11.4. The first-order valence-electron chi connectivity index (χ1n) is 5.80. The smallest absolute Gasteiger partial charge is 0.0724 e. The zero-order valence-electron chi connectivity index (χ0n) is 9.58. The number of hydrogen-bond donors (Lipinski definition) is 1. The number of rotatable bonds is 4. The van der Waals surface area contributed by atoms with E-state index in [9.17, 15) is 0 Å². The molecule has 0 spiro atoms. The lowest BCUT2D eigenvalue weighted by Crippen LogP contribution is -2.36. The normalized spacial score (nSPS) is 24.9. The van der Waals surface area contributed by atoms with E-state index in [1.165, 1.54) is 28.4 Å². The topological polar surface area (TPSA) is 21.3 Å². The molecule has 0 aliphatic heterocycles. The van der Waals surface area contributed by atoms with Crippen molar-refractivity contribution < 1.29 is 4.74 Å². The molecule has 2 atom stereocenters. The average Bonchev–Trinajstić information content (AvgIpc) is 2.76. The van der Waals surface area contributed by atoms with Crippen molar-refractivity contribution in [3.63, 3.8) is 0 Å². The molecule has 2 nitrogen and oxygen atoms in total. The second kappa shape index (κ2) is 5.98. The molecule has 0 amide bonds. The first kappa shape index (κ1) is 12.3. The maximum absolute atomic E-state index is 5.47. The van der Waals surface area contributed by atoms with E-state index in [2.05, 4.69) is 52.2 Å². The van der Waals surface area contributed by atoms with Gasteiger partial charge < -0.3 is 10.1 Å². The number of halogens is 1. The molecule has 1 aliphatic rings. The standard InChI is InChI=1S/C13H18INO/c1-16-13-4-2-3-12(13)15-9-10-5-7-11(14)8-6-10/h5-8,12-13,15H,2-4,9H2,1H3. The first-order valence-corrected chi connectivity index (χ1v) is 6.88. The minimum absolute atomic E-state index is 0.406. The highest BCUT2D eigenvalue weighted by molar-refractivity contribution is 14.1. The lowest BCUT2D eigenvalue weighted by Gasteiger charge is -2.19. The van der Waals surface area contributed by atoms with Crippen LogP contribution in [0.25, 0.3) is 0 Å². The molecule has 2 unspecified atom stereocenters. The van der Waals surface area contributed by atoms with Crippen LogP contribution in [0.5, 0.6) is 0 Å². The first-order chi connectivity index (χ1) is 7.79. The van der Waals surface area contributed by atoms with Gasteiger partial charge in [0.25, 0.3) is 0 Å². The van der Waals surface area contributed by atoms with Crippen LogP contribution in [0, 0.1) is 3.57 Å². The van der Waals surface area contributed by atoms with Gasteiger partial charge in [-0.25, -0.2) is 0 Å². The van der Waals surface area contributed by atoms with Crippen molar-refractivity contribution >= 4 is 22.6 Å². The molecule has 0 saturated heterocycles. The number of benzene rings is 1. The van der Waals surface area contributed by atoms with Crippen molar-refractivity contribution in [2.45, 2.75) is 38.0 Å². The predicted molar refractivity (Wildman–Crippen MR) is 74.4 cm³/mol. The molecule has 1 N–H and O–H groups in total. The van der Waals surface area contributed by atoms with Crippen molar-refractivity contribution in [2.24, 2.45) is 0 Å². The Balaban J connectivity index is 1.85. The summed E-state index contributed by atoms with van der Waals surface area (Å²) in [6, 6.07) is 9.21. The van der Waals surface area contributed by atoms with Crippen LogP contribution in [-0.2, 0) is 11.3 Å². The Morgan fingerprint density at radius 3 is 2.75 bits per heavy atom. The monoisotopic (exact) mass is 331 g/mol. The maximum Gasteiger partial charge on any atom is 0.0724 e. The van der Waals surface area contributed by atoms with Crippen LogP contribution in [-0.4, -0.2) is 19.3 Å². The minimum atomic E-state index is 0.406. The molecule has 1 saturated carbocycles. The Hall–Kier alpha value is -0.130. The molecular weight excluding hydrogens is 313 g/mol. The van der Waals surface area contributed by atoms with Gasteiger partial charge in [0.05, 0.1) is 6.10 Å². The molecule has 3 heteroatoms. The van der Waals surface area contributed by atoms with Crippen LogP contribution in [0.15, 0.2) is 24.3 Å². The summed E-state index contributed by atoms with van der Waals surface area (Å²) in [5.41, 5.74) is 1.35. The molecule has 2 rings (SSSR count). The van der Waals surface area contributed by atoms with Gasteiger partial charge >= 0.3 is 0 Å². The van der Waals surface area contributed by atoms with E-state index in [1.54, 1.807) is 0 Å². The van der Waals surface area contributed by atoms with Crippen molar-refractivity contribution in [2.75, 3.05) is 7.11 Å². The molecule has 16 heavy (non-hydrogen) atoms. The van der Waals surface area contributed by atoms with Crippen molar-refractivity contribution in [3.05, 3.63) is 33.4 Å². The van der Waals surface area contributed by atoms with Gasteiger partial charge in [0, 0.05) is 23.3 Å². The Morgan fingerprint density at radius 1 is 1.31 bits per heavy atom. The van der Waals surface area contributed by atoms with Crippen molar-refractivity contribution in [1.29, 1.82) is 0 Å². The second-order valence-electron chi connectivity index (χ2n) is 4.32. The third-order valence-corrected chi connectivity index (χ3v) is 3.96. The summed E-state index contributed by atoms with van der Waals surface area (Å²) in [7, 11) is 1.82. The minimum Gasteiger partial charge on any atom is -0.380 e. The summed E-state index contributed by atoms with van der Waals surface area (Å²) in [6.07, 6.45) is 4.12. The number of methoxy groups -OCH3 is 1. The molecule has 1 aromatic rings. The fourth-order valence-electron chi connectivity index (χ4n) is 2.29. The number of hydrogen-bond acceptors (Lipinski definition) is 2. The van der Waals surface area contributed by atoms with Crippen LogP contribution in [0.1, 0.15) is 24.8 Å². The molecule has 1 aliphatic carbocycles. The van der Waals surface area contributed by atoms with Gasteiger partial charge in [0.15, 0.2) is 0 Å². The fraction of sp³-hybridized carbons (Fsp3) is 0.538. The molecule has 0 radical (unpaired) electrons. The highest BCUT2D eigenvalue weighted by Gasteiger charge is 2.26. The molecule has 88 valence electrons. The molecule has 0 bridgehead atoms. The van der Waals surface area contributed by atoms with Gasteiger partial charge in [-0.1, -0.05) is 12.1 Å². The summed E-state index contributed by atoms with van der Waals surface area (Å²) in [4.78, 5) is 0. The van der Waals surface area contributed by atoms with E-state index < -0.39 is 0 Å². The summed E-state index contributed by atoms with van der Waals surface area (Å²) in [6.45, 7) is 0.946. The Morgan fingerprint density at radius 2 is 2.06 bits per heavy atom. The summed E-state index contributed by atoms with van der Waals surface area (Å²) < 4.78 is 6.76. The van der Waals surface area contributed by atoms with E-state index >= 15 is 0 Å². The van der Waals surface area contributed by atoms with E-state index in [4.69, 9.17) is 4.74 Å². The zero-order valence-corrected chi connectivity index (χ0v) is 11.7. The third-order valence-electron chi connectivity index (χ3n) is 3.24. The largest absolute Gasteiger partial charge is 0.380 e. The molecule has 1 aromatic carbocycles. The SMILES string of the molecule is COC1CCCC1NCc1ccc(I)cc1. The fourth-order valence-corrected chi connectivity index (χ4v) is 2.65. The molecular formula is C13H18INO. The van der Waals surface area contributed by atoms with Crippen LogP contribution >= 0.6 is 22.6 Å². The van der Waals surface area contributed by atoms with Gasteiger partial charge in [0.1, 0.15) is 0 Å². The van der Waals surface area contributed by atoms with Crippen LogP contribution in [0.2, 0.25) is 0 Å². The predicted octanol–water partition coefficient (Wildman–Crippen LogP) is 2.95. The summed E-state index contributed by atoms with van der Waals surface area (Å²) >= 11 is 2.33. The molecule has 0 aromatic heterocycles. The van der Waals surface area contributed by atoms with Gasteiger partial charge in [0.2, 0.25) is 0 Å². The van der Waals surface area contributed by atoms with Crippen LogP contribution in [0.3, 0.4) is 0 Å². The third kappa shape index (κ3) is 3.18. The Bertz CT molecular complexity index is 325. The lowest BCUT2D eigenvalue weighted by atomic mass is 10.2. The second-order valence-corrected chi connectivity index (χ2v) is 5.56. The quantitative estimate of drug-likeness (QED) is 0.857. The van der Waals surface area contributed by atoms with E-state index in [-0.39, 0.29) is 0 Å². The summed E-state index contributed by atoms with van der Waals surface area (Å²) in [5.74, 6) is 0. The van der Waals surface area contributed by atoms with Crippen LogP contribution < -0.4 is 5.32 Å². The Labute approximate surface area is 111 Å². The Kier molecular flexibility index (Phi) is 4.61. The van der Waals surface area contributed by atoms with Crippen molar-refractivity contribution in [1.82, 2.24) is 5.32 Å². The number of nitrogens with one attached hydrogen (secondary N) is 1. The van der Waals surface area contributed by atoms with Gasteiger partial charge in [-0.15, -0.1) is 0 Å². The average molecular weight is 331 g/mol. The molecule has 0 heterocycles. The van der Waals surface area contributed by atoms with Gasteiger partial charge in [-0.05, 0) is 59.5 Å². The molecule has 1 fully saturated rings.